The molecule has 3 saturated heterocycles. The van der Waals surface area contributed by atoms with Crippen LogP contribution in [0.4, 0.5) is 18.0 Å². The minimum absolute atomic E-state index is 0.125. The van der Waals surface area contributed by atoms with Crippen LogP contribution in [0.1, 0.15) is 56.3 Å². The molecule has 0 bridgehead atoms. The van der Waals surface area contributed by atoms with Gasteiger partial charge in [0.25, 0.3) is 0 Å². The van der Waals surface area contributed by atoms with Gasteiger partial charge in [-0.25, -0.2) is 14.5 Å². The number of halogens is 3. The summed E-state index contributed by atoms with van der Waals surface area (Å²) in [5, 5.41) is 7.39. The Bertz CT molecular complexity index is 975. The number of urea groups is 1. The number of carbonyl (C=O) groups excluding carboxylic acids is 1. The van der Waals surface area contributed by atoms with Gasteiger partial charge in [-0.2, -0.15) is 18.3 Å². The summed E-state index contributed by atoms with van der Waals surface area (Å²) in [6, 6.07) is 0.536. The number of likely N-dealkylation sites (tertiary alicyclic amines) is 2. The molecule has 0 atom stereocenters. The third-order valence-electron chi connectivity index (χ3n) is 9.24. The fourth-order valence-electron chi connectivity index (χ4n) is 6.95. The Morgan fingerprint density at radius 3 is 2.21 bits per heavy atom. The monoisotopic (exact) mass is 480 g/mol. The molecule has 3 saturated carbocycles. The molecule has 186 valence electrons. The standard InChI is InChI=1S/C23H31F3N6O2/c24-23(25,26)22(12-34-13-22)28-7-15-3-20(4-15)8-30(9-20)19(33)31-10-21(11-31)5-17(6-21)32-14-27-18(29-32)16-1-2-16/h14-17,28H,1-13H2. The van der Waals surface area contributed by atoms with Crippen molar-refractivity contribution in [1.82, 2.24) is 29.9 Å². The minimum Gasteiger partial charge on any atom is -0.377 e. The Balaban J connectivity index is 0.830. The van der Waals surface area contributed by atoms with E-state index in [-0.39, 0.29) is 36.0 Å². The third kappa shape index (κ3) is 3.22. The minimum atomic E-state index is -4.28. The molecule has 1 aromatic heterocycles. The van der Waals surface area contributed by atoms with Gasteiger partial charge in [0, 0.05) is 42.9 Å². The van der Waals surface area contributed by atoms with Crippen molar-refractivity contribution < 1.29 is 22.7 Å². The molecule has 6 aliphatic rings. The van der Waals surface area contributed by atoms with E-state index in [1.807, 2.05) is 20.8 Å². The summed E-state index contributed by atoms with van der Waals surface area (Å²) >= 11 is 0. The van der Waals surface area contributed by atoms with E-state index in [0.717, 1.165) is 57.7 Å². The molecule has 6 fully saturated rings. The fourth-order valence-corrected chi connectivity index (χ4v) is 6.95. The molecule has 2 spiro atoms. The first-order chi connectivity index (χ1) is 16.2. The number of nitrogens with one attached hydrogen (secondary N) is 1. The van der Waals surface area contributed by atoms with Gasteiger partial charge < -0.3 is 14.5 Å². The molecule has 11 heteroatoms. The van der Waals surface area contributed by atoms with Crippen molar-refractivity contribution in [2.75, 3.05) is 45.9 Å². The number of ether oxygens (including phenoxy) is 1. The summed E-state index contributed by atoms with van der Waals surface area (Å²) in [4.78, 5) is 21.2. The lowest BCUT2D eigenvalue weighted by atomic mass is 9.57. The molecule has 4 heterocycles. The number of rotatable bonds is 5. The maximum absolute atomic E-state index is 13.2. The Labute approximate surface area is 196 Å². The number of nitrogens with zero attached hydrogens (tertiary/aromatic N) is 5. The van der Waals surface area contributed by atoms with Crippen LogP contribution in [-0.4, -0.2) is 88.2 Å². The first-order valence-electron chi connectivity index (χ1n) is 12.5. The normalized spacial score (nSPS) is 29.3. The van der Waals surface area contributed by atoms with Crippen molar-refractivity contribution in [1.29, 1.82) is 0 Å². The lowest BCUT2D eigenvalue weighted by Crippen LogP contribution is -2.72. The molecule has 3 aliphatic carbocycles. The number of hydrogen-bond acceptors (Lipinski definition) is 5. The van der Waals surface area contributed by atoms with Gasteiger partial charge in [-0.15, -0.1) is 0 Å². The average Bonchev–Trinajstić information content (AvgIpc) is 3.35. The van der Waals surface area contributed by atoms with Crippen molar-refractivity contribution in [3.8, 4) is 0 Å². The molecule has 1 N–H and O–H groups in total. The van der Waals surface area contributed by atoms with Crippen LogP contribution in [0.3, 0.4) is 0 Å². The van der Waals surface area contributed by atoms with E-state index in [2.05, 4.69) is 15.4 Å². The smallest absolute Gasteiger partial charge is 0.377 e. The van der Waals surface area contributed by atoms with Gasteiger partial charge in [-0.1, -0.05) is 0 Å². The summed E-state index contributed by atoms with van der Waals surface area (Å²) in [5.74, 6) is 1.81. The summed E-state index contributed by atoms with van der Waals surface area (Å²) in [6.45, 7) is 2.90. The van der Waals surface area contributed by atoms with Crippen LogP contribution < -0.4 is 5.32 Å². The largest absolute Gasteiger partial charge is 0.411 e. The van der Waals surface area contributed by atoms with Gasteiger partial charge in [0.15, 0.2) is 11.4 Å². The lowest BCUT2D eigenvalue weighted by molar-refractivity contribution is -0.269. The van der Waals surface area contributed by atoms with E-state index in [1.165, 1.54) is 12.8 Å². The number of amides is 2. The Morgan fingerprint density at radius 1 is 1.06 bits per heavy atom. The van der Waals surface area contributed by atoms with Gasteiger partial charge in [-0.05, 0) is 51.0 Å². The quantitative estimate of drug-likeness (QED) is 0.701. The first kappa shape index (κ1) is 21.4. The van der Waals surface area contributed by atoms with Gasteiger partial charge in [0.2, 0.25) is 0 Å². The van der Waals surface area contributed by atoms with Crippen LogP contribution in [-0.2, 0) is 4.74 Å². The number of aromatic nitrogens is 3. The molecule has 3 aliphatic heterocycles. The zero-order valence-corrected chi connectivity index (χ0v) is 19.2. The fraction of sp³-hybridized carbons (Fsp3) is 0.870. The van der Waals surface area contributed by atoms with Crippen LogP contribution in [0.5, 0.6) is 0 Å². The summed E-state index contributed by atoms with van der Waals surface area (Å²) < 4.78 is 46.6. The second kappa shape index (κ2) is 6.87. The van der Waals surface area contributed by atoms with Crippen molar-refractivity contribution in [3.05, 3.63) is 12.2 Å². The predicted octanol–water partition coefficient (Wildman–Crippen LogP) is 2.55. The van der Waals surface area contributed by atoms with E-state index in [9.17, 15) is 18.0 Å². The number of alkyl halides is 3. The predicted molar refractivity (Wildman–Crippen MR) is 114 cm³/mol. The van der Waals surface area contributed by atoms with Crippen molar-refractivity contribution >= 4 is 6.03 Å². The molecule has 8 nitrogen and oxygen atoms in total. The number of hydrogen-bond donors (Lipinski definition) is 1. The molecule has 0 unspecified atom stereocenters. The van der Waals surface area contributed by atoms with Crippen molar-refractivity contribution in [3.63, 3.8) is 0 Å². The molecule has 0 aromatic carbocycles. The second-order valence-electron chi connectivity index (χ2n) is 12.1. The van der Waals surface area contributed by atoms with Gasteiger partial charge in [0.05, 0.1) is 19.3 Å². The molecule has 0 radical (unpaired) electrons. The Morgan fingerprint density at radius 2 is 1.68 bits per heavy atom. The zero-order valence-electron chi connectivity index (χ0n) is 19.2. The second-order valence-corrected chi connectivity index (χ2v) is 12.1. The molecule has 1 aromatic rings. The highest BCUT2D eigenvalue weighted by atomic mass is 19.4. The van der Waals surface area contributed by atoms with E-state index in [0.29, 0.717) is 18.5 Å². The third-order valence-corrected chi connectivity index (χ3v) is 9.24. The first-order valence-corrected chi connectivity index (χ1v) is 12.5. The summed E-state index contributed by atoms with van der Waals surface area (Å²) in [6.07, 6.45) is 3.92. The summed E-state index contributed by atoms with van der Waals surface area (Å²) in [5.41, 5.74) is -1.49. The highest BCUT2D eigenvalue weighted by molar-refractivity contribution is 5.77. The highest BCUT2D eigenvalue weighted by Gasteiger charge is 2.62. The highest BCUT2D eigenvalue weighted by Crippen LogP contribution is 2.56. The van der Waals surface area contributed by atoms with E-state index >= 15 is 0 Å². The SMILES string of the molecule is O=C(N1CC2(CC(CNC3(C(F)(F)F)COC3)C2)C1)N1CC2(CC(n3cnc(C4CC4)n3)C2)C1. The molecule has 2 amide bonds. The maximum Gasteiger partial charge on any atom is 0.411 e. The van der Waals surface area contributed by atoms with Crippen molar-refractivity contribution in [2.24, 2.45) is 16.7 Å². The molecular formula is C23H31F3N6O2. The Hall–Kier alpha value is -1.88. The Kier molecular flexibility index (Phi) is 4.32. The van der Waals surface area contributed by atoms with Crippen LogP contribution in [0, 0.1) is 16.7 Å². The van der Waals surface area contributed by atoms with Gasteiger partial charge in [0.1, 0.15) is 6.33 Å². The molecular weight excluding hydrogens is 449 g/mol. The maximum atomic E-state index is 13.2. The van der Waals surface area contributed by atoms with E-state index in [1.54, 1.807) is 0 Å². The molecule has 34 heavy (non-hydrogen) atoms. The van der Waals surface area contributed by atoms with Crippen LogP contribution in [0.2, 0.25) is 0 Å². The lowest BCUT2D eigenvalue weighted by Gasteiger charge is -2.63. The summed E-state index contributed by atoms with van der Waals surface area (Å²) in [7, 11) is 0. The van der Waals surface area contributed by atoms with Crippen LogP contribution in [0.15, 0.2) is 6.33 Å². The van der Waals surface area contributed by atoms with Crippen LogP contribution >= 0.6 is 0 Å². The van der Waals surface area contributed by atoms with Crippen LogP contribution in [0.25, 0.3) is 0 Å². The zero-order chi connectivity index (χ0) is 23.3. The average molecular weight is 481 g/mol. The van der Waals surface area contributed by atoms with E-state index in [4.69, 9.17) is 4.74 Å². The van der Waals surface area contributed by atoms with Crippen molar-refractivity contribution in [2.45, 2.75) is 62.2 Å². The number of carbonyl (C=O) groups is 1. The van der Waals surface area contributed by atoms with Gasteiger partial charge in [-0.3, -0.25) is 5.32 Å². The molecule has 7 rings (SSSR count). The van der Waals surface area contributed by atoms with Gasteiger partial charge >= 0.3 is 12.2 Å². The van der Waals surface area contributed by atoms with E-state index < -0.39 is 11.7 Å². The topological polar surface area (TPSA) is 75.5 Å².